The molecule has 0 atom stereocenters. The van der Waals surface area contributed by atoms with Crippen molar-refractivity contribution in [3.05, 3.63) is 23.5 Å². The zero-order chi connectivity index (χ0) is 10.5. The molecule has 2 aromatic rings. The van der Waals surface area contributed by atoms with E-state index in [1.807, 2.05) is 12.4 Å². The molecule has 2 aromatic heterocycles. The molecule has 0 bridgehead atoms. The number of nitrogens with one attached hydrogen (secondary N) is 2. The topological polar surface area (TPSA) is 53.6 Å². The first-order valence-electron chi connectivity index (χ1n) is 5.05. The highest BCUT2D eigenvalue weighted by atomic mass is 32.1. The van der Waals surface area contributed by atoms with Crippen molar-refractivity contribution in [3.8, 4) is 10.8 Å². The zero-order valence-electron chi connectivity index (χ0n) is 8.66. The van der Waals surface area contributed by atoms with E-state index in [2.05, 4.69) is 27.2 Å². The van der Waals surface area contributed by atoms with Crippen LogP contribution in [0.5, 0.6) is 0 Å². The number of H-pyrrole nitrogens is 1. The third kappa shape index (κ3) is 2.64. The summed E-state index contributed by atoms with van der Waals surface area (Å²) in [5.41, 5.74) is 0. The van der Waals surface area contributed by atoms with Gasteiger partial charge in [0.2, 0.25) is 0 Å². The van der Waals surface area contributed by atoms with Gasteiger partial charge in [-0.2, -0.15) is 0 Å². The molecule has 0 amide bonds. The van der Waals surface area contributed by atoms with Crippen LogP contribution in [0.4, 0.5) is 0 Å². The smallest absolute Gasteiger partial charge is 0.166 e. The van der Waals surface area contributed by atoms with Crippen molar-refractivity contribution in [3.63, 3.8) is 0 Å². The lowest BCUT2D eigenvalue weighted by molar-refractivity contribution is 0.681. The molecule has 15 heavy (non-hydrogen) atoms. The van der Waals surface area contributed by atoms with Crippen LogP contribution in [-0.2, 0) is 6.54 Å². The number of hydrogen-bond donors (Lipinski definition) is 2. The molecule has 0 saturated heterocycles. The van der Waals surface area contributed by atoms with Crippen molar-refractivity contribution < 1.29 is 0 Å². The molecule has 0 aliphatic heterocycles. The fourth-order valence-electron chi connectivity index (χ4n) is 1.27. The highest BCUT2D eigenvalue weighted by Crippen LogP contribution is 2.21. The summed E-state index contributed by atoms with van der Waals surface area (Å²) in [5, 5.41) is 4.30. The Kier molecular flexibility index (Phi) is 3.47. The maximum atomic E-state index is 4.32. The second-order valence-corrected chi connectivity index (χ2v) is 4.36. The Morgan fingerprint density at radius 3 is 3.13 bits per heavy atom. The monoisotopic (exact) mass is 222 g/mol. The van der Waals surface area contributed by atoms with E-state index < -0.39 is 0 Å². The van der Waals surface area contributed by atoms with Gasteiger partial charge in [0.25, 0.3) is 0 Å². The molecule has 2 N–H and O–H groups in total. The molecular formula is C10H14N4S. The molecule has 0 fully saturated rings. The third-order valence-electron chi connectivity index (χ3n) is 1.98. The fraction of sp³-hybridized carbons (Fsp3) is 0.400. The second kappa shape index (κ2) is 5.04. The molecule has 0 spiro atoms. The average molecular weight is 222 g/mol. The quantitative estimate of drug-likeness (QED) is 0.761. The van der Waals surface area contributed by atoms with Gasteiger partial charge in [0.05, 0.1) is 0 Å². The molecule has 0 unspecified atom stereocenters. The Morgan fingerprint density at radius 1 is 1.47 bits per heavy atom. The minimum absolute atomic E-state index is 0.849. The molecule has 80 valence electrons. The van der Waals surface area contributed by atoms with Gasteiger partial charge < -0.3 is 10.3 Å². The van der Waals surface area contributed by atoms with Crippen molar-refractivity contribution in [2.75, 3.05) is 6.54 Å². The number of nitrogens with zero attached hydrogens (tertiary/aromatic N) is 2. The van der Waals surface area contributed by atoms with E-state index in [1.54, 1.807) is 17.5 Å². The number of rotatable bonds is 5. The largest absolute Gasteiger partial charge is 0.343 e. The van der Waals surface area contributed by atoms with Crippen LogP contribution < -0.4 is 5.32 Å². The van der Waals surface area contributed by atoms with Crippen LogP contribution in [0, 0.1) is 0 Å². The van der Waals surface area contributed by atoms with E-state index in [-0.39, 0.29) is 0 Å². The van der Waals surface area contributed by atoms with Gasteiger partial charge in [0, 0.05) is 30.0 Å². The van der Waals surface area contributed by atoms with Crippen molar-refractivity contribution in [1.29, 1.82) is 0 Å². The van der Waals surface area contributed by atoms with Gasteiger partial charge in [-0.1, -0.05) is 6.92 Å². The lowest BCUT2D eigenvalue weighted by atomic mass is 10.4. The number of aromatic nitrogens is 3. The van der Waals surface area contributed by atoms with Gasteiger partial charge in [-0.15, -0.1) is 11.3 Å². The molecular weight excluding hydrogens is 208 g/mol. The number of hydrogen-bond acceptors (Lipinski definition) is 4. The molecule has 0 aromatic carbocycles. The van der Waals surface area contributed by atoms with Crippen LogP contribution in [0.15, 0.2) is 18.6 Å². The van der Waals surface area contributed by atoms with E-state index >= 15 is 0 Å². The van der Waals surface area contributed by atoms with Crippen LogP contribution in [0.3, 0.4) is 0 Å². The number of imidazole rings is 1. The molecule has 5 heteroatoms. The highest BCUT2D eigenvalue weighted by molar-refractivity contribution is 7.14. The van der Waals surface area contributed by atoms with Gasteiger partial charge in [-0.25, -0.2) is 9.97 Å². The Balaban J connectivity index is 1.98. The lowest BCUT2D eigenvalue weighted by Crippen LogP contribution is -2.12. The zero-order valence-corrected chi connectivity index (χ0v) is 9.47. The minimum Gasteiger partial charge on any atom is -0.343 e. The molecule has 0 saturated carbocycles. The van der Waals surface area contributed by atoms with Crippen molar-refractivity contribution in [2.24, 2.45) is 0 Å². The molecule has 0 aliphatic rings. The summed E-state index contributed by atoms with van der Waals surface area (Å²) in [4.78, 5) is 12.8. The van der Waals surface area contributed by atoms with Crippen molar-refractivity contribution in [2.45, 2.75) is 19.9 Å². The molecule has 2 heterocycles. The van der Waals surface area contributed by atoms with Crippen LogP contribution in [0.1, 0.15) is 18.2 Å². The van der Waals surface area contributed by atoms with E-state index in [4.69, 9.17) is 0 Å². The molecule has 2 rings (SSSR count). The Morgan fingerprint density at radius 2 is 2.40 bits per heavy atom. The van der Waals surface area contributed by atoms with E-state index in [0.717, 1.165) is 30.3 Å². The Bertz CT molecular complexity index is 393. The molecule has 0 radical (unpaired) electrons. The van der Waals surface area contributed by atoms with E-state index in [1.165, 1.54) is 4.88 Å². The first-order chi connectivity index (χ1) is 7.40. The third-order valence-corrected chi connectivity index (χ3v) is 2.98. The summed E-state index contributed by atoms with van der Waals surface area (Å²) >= 11 is 1.67. The lowest BCUT2D eigenvalue weighted by Gasteiger charge is -1.97. The predicted octanol–water partition coefficient (Wildman–Crippen LogP) is 2.03. The summed E-state index contributed by atoms with van der Waals surface area (Å²) in [5.74, 6) is 0.849. The summed E-state index contributed by atoms with van der Waals surface area (Å²) in [7, 11) is 0. The average Bonchev–Trinajstić information content (AvgIpc) is 2.87. The van der Waals surface area contributed by atoms with E-state index in [9.17, 15) is 0 Å². The Hall–Kier alpha value is -1.20. The molecule has 4 nitrogen and oxygen atoms in total. The summed E-state index contributed by atoms with van der Waals surface area (Å²) in [6.07, 6.45) is 6.62. The molecule has 0 aliphatic carbocycles. The minimum atomic E-state index is 0.849. The van der Waals surface area contributed by atoms with Gasteiger partial charge >= 0.3 is 0 Å². The van der Waals surface area contributed by atoms with Crippen LogP contribution in [0.2, 0.25) is 0 Å². The predicted molar refractivity (Wildman–Crippen MR) is 61.7 cm³/mol. The SMILES string of the molecule is CCCNCc1cnc(-c2ncc[nH]2)s1. The summed E-state index contributed by atoms with van der Waals surface area (Å²) in [6.45, 7) is 4.11. The van der Waals surface area contributed by atoms with Crippen LogP contribution in [0.25, 0.3) is 10.8 Å². The maximum Gasteiger partial charge on any atom is 0.166 e. The number of aromatic amines is 1. The normalized spacial score (nSPS) is 10.7. The first-order valence-corrected chi connectivity index (χ1v) is 5.87. The van der Waals surface area contributed by atoms with Crippen molar-refractivity contribution in [1.82, 2.24) is 20.3 Å². The second-order valence-electron chi connectivity index (χ2n) is 3.25. The fourth-order valence-corrected chi connectivity index (χ4v) is 2.11. The van der Waals surface area contributed by atoms with Crippen LogP contribution >= 0.6 is 11.3 Å². The van der Waals surface area contributed by atoms with Crippen molar-refractivity contribution >= 4 is 11.3 Å². The standard InChI is InChI=1S/C10H14N4S/c1-2-3-11-6-8-7-14-10(15-8)9-12-4-5-13-9/h4-5,7,11H,2-3,6H2,1H3,(H,12,13). The van der Waals surface area contributed by atoms with Gasteiger partial charge in [0.15, 0.2) is 10.8 Å². The highest BCUT2D eigenvalue weighted by Gasteiger charge is 2.05. The summed E-state index contributed by atoms with van der Waals surface area (Å²) < 4.78 is 0. The summed E-state index contributed by atoms with van der Waals surface area (Å²) in [6, 6.07) is 0. The maximum absolute atomic E-state index is 4.32. The number of thiazole rings is 1. The first kappa shape index (κ1) is 10.3. The van der Waals surface area contributed by atoms with Gasteiger partial charge in [-0.05, 0) is 13.0 Å². The van der Waals surface area contributed by atoms with E-state index in [0.29, 0.717) is 0 Å². The van der Waals surface area contributed by atoms with Crippen LogP contribution in [-0.4, -0.2) is 21.5 Å². The Labute approximate surface area is 92.8 Å². The van der Waals surface area contributed by atoms with Gasteiger partial charge in [-0.3, -0.25) is 0 Å². The van der Waals surface area contributed by atoms with Gasteiger partial charge in [0.1, 0.15) is 0 Å².